The van der Waals surface area contributed by atoms with Crippen LogP contribution in [0.4, 0.5) is 0 Å². The van der Waals surface area contributed by atoms with Crippen molar-refractivity contribution < 1.29 is 14.4 Å². The number of para-hydroxylation sites is 1. The zero-order valence-electron chi connectivity index (χ0n) is 16.2. The van der Waals surface area contributed by atoms with Crippen LogP contribution in [0.25, 0.3) is 0 Å². The molecular formula is C22H33N2O2+. The standard InChI is InChI=1S/C22H32N2O2/c1-16(24(2)8-9-26-20-6-4-3-5-7-20)21(25)23-22-13-17-10-18(14-22)12-19(11-17)15-22/h3-7,16-19H,8-15H2,1-2H3,(H,23,25)/p+1/t16-,17?,18?,19?,22?/m1/s1. The molecule has 4 saturated carbocycles. The van der Waals surface area contributed by atoms with Crippen LogP contribution in [0.2, 0.25) is 0 Å². The van der Waals surface area contributed by atoms with Gasteiger partial charge in [0.2, 0.25) is 0 Å². The van der Waals surface area contributed by atoms with Gasteiger partial charge in [0.1, 0.15) is 18.9 Å². The van der Waals surface area contributed by atoms with E-state index in [-0.39, 0.29) is 17.5 Å². The van der Waals surface area contributed by atoms with Gasteiger partial charge in [0.05, 0.1) is 7.05 Å². The third-order valence-electron chi connectivity index (χ3n) is 7.07. The third-order valence-corrected chi connectivity index (χ3v) is 7.07. The molecule has 1 aromatic rings. The van der Waals surface area contributed by atoms with Crippen LogP contribution >= 0.6 is 0 Å². The van der Waals surface area contributed by atoms with Crippen molar-refractivity contribution in [3.8, 4) is 5.75 Å². The molecule has 4 aliphatic carbocycles. The Hall–Kier alpha value is -1.55. The van der Waals surface area contributed by atoms with E-state index in [9.17, 15) is 4.79 Å². The highest BCUT2D eigenvalue weighted by molar-refractivity contribution is 5.80. The summed E-state index contributed by atoms with van der Waals surface area (Å²) in [7, 11) is 2.10. The van der Waals surface area contributed by atoms with Crippen molar-refractivity contribution in [2.24, 2.45) is 17.8 Å². The molecule has 0 aliphatic heterocycles. The average Bonchev–Trinajstić information content (AvgIpc) is 2.60. The van der Waals surface area contributed by atoms with Gasteiger partial charge in [0, 0.05) is 5.54 Å². The van der Waals surface area contributed by atoms with Gasteiger partial charge in [-0.25, -0.2) is 0 Å². The van der Waals surface area contributed by atoms with Crippen molar-refractivity contribution in [1.29, 1.82) is 0 Å². The molecular weight excluding hydrogens is 324 g/mol. The second-order valence-electron chi connectivity index (χ2n) is 9.17. The number of ether oxygens (including phenoxy) is 1. The molecule has 4 fully saturated rings. The van der Waals surface area contributed by atoms with Gasteiger partial charge in [-0.1, -0.05) is 18.2 Å². The first-order chi connectivity index (χ1) is 12.5. The van der Waals surface area contributed by atoms with Crippen LogP contribution in [0.3, 0.4) is 0 Å². The molecule has 0 spiro atoms. The molecule has 4 heteroatoms. The van der Waals surface area contributed by atoms with E-state index in [2.05, 4.69) is 12.4 Å². The highest BCUT2D eigenvalue weighted by atomic mass is 16.5. The van der Waals surface area contributed by atoms with Crippen molar-refractivity contribution >= 4 is 5.91 Å². The summed E-state index contributed by atoms with van der Waals surface area (Å²) in [6, 6.07) is 9.85. The molecule has 4 aliphatic rings. The van der Waals surface area contributed by atoms with E-state index in [1.807, 2.05) is 37.3 Å². The van der Waals surface area contributed by atoms with E-state index in [1.165, 1.54) is 43.4 Å². The van der Waals surface area contributed by atoms with Gasteiger partial charge in [-0.3, -0.25) is 4.79 Å². The van der Waals surface area contributed by atoms with E-state index < -0.39 is 0 Å². The van der Waals surface area contributed by atoms with Crippen LogP contribution < -0.4 is 15.0 Å². The van der Waals surface area contributed by atoms with Crippen LogP contribution in [-0.2, 0) is 4.79 Å². The Kier molecular flexibility index (Phi) is 4.96. The van der Waals surface area contributed by atoms with Gasteiger partial charge < -0.3 is 15.0 Å². The van der Waals surface area contributed by atoms with E-state index in [4.69, 9.17) is 4.74 Å². The Bertz CT molecular complexity index is 595. The first-order valence-electron chi connectivity index (χ1n) is 10.4. The van der Waals surface area contributed by atoms with Crippen LogP contribution in [0.1, 0.15) is 45.4 Å². The molecule has 26 heavy (non-hydrogen) atoms. The van der Waals surface area contributed by atoms with E-state index in [0.717, 1.165) is 30.0 Å². The number of likely N-dealkylation sites (N-methyl/N-ethyl adjacent to an activating group) is 1. The summed E-state index contributed by atoms with van der Waals surface area (Å²) in [5.74, 6) is 3.71. The Morgan fingerprint density at radius 3 is 2.31 bits per heavy atom. The van der Waals surface area contributed by atoms with Crippen molar-refractivity contribution in [2.75, 3.05) is 20.2 Å². The van der Waals surface area contributed by atoms with Gasteiger partial charge in [-0.05, 0) is 75.3 Å². The molecule has 0 aromatic heterocycles. The minimum Gasteiger partial charge on any atom is -0.488 e. The molecule has 4 bridgehead atoms. The highest BCUT2D eigenvalue weighted by Gasteiger charge is 2.52. The summed E-state index contributed by atoms with van der Waals surface area (Å²) in [5.41, 5.74) is 0.112. The number of nitrogens with one attached hydrogen (secondary N) is 2. The lowest BCUT2D eigenvalue weighted by molar-refractivity contribution is -0.894. The molecule has 0 radical (unpaired) electrons. The fourth-order valence-corrected chi connectivity index (χ4v) is 5.92. The molecule has 142 valence electrons. The minimum absolute atomic E-state index is 0.0395. The van der Waals surface area contributed by atoms with Gasteiger partial charge in [0.15, 0.2) is 6.04 Å². The summed E-state index contributed by atoms with van der Waals surface area (Å²) in [6.45, 7) is 3.50. The number of rotatable bonds is 7. The SMILES string of the molecule is C[C@H](C(=O)NC12CC3CC(CC(C3)C1)C2)[NH+](C)CCOc1ccccc1. The topological polar surface area (TPSA) is 42.8 Å². The summed E-state index contributed by atoms with van der Waals surface area (Å²) >= 11 is 0. The largest absolute Gasteiger partial charge is 0.488 e. The summed E-state index contributed by atoms with van der Waals surface area (Å²) in [5, 5.41) is 3.51. The molecule has 2 atom stereocenters. The number of amides is 1. The Balaban J connectivity index is 1.27. The summed E-state index contributed by atoms with van der Waals surface area (Å²) in [4.78, 5) is 14.1. The van der Waals surface area contributed by atoms with Gasteiger partial charge in [-0.2, -0.15) is 0 Å². The molecule has 0 heterocycles. The number of hydrogen-bond donors (Lipinski definition) is 2. The Morgan fingerprint density at radius 2 is 1.73 bits per heavy atom. The lowest BCUT2D eigenvalue weighted by Gasteiger charge is -2.57. The molecule has 4 nitrogen and oxygen atoms in total. The van der Waals surface area contributed by atoms with E-state index in [1.54, 1.807) is 0 Å². The van der Waals surface area contributed by atoms with Crippen LogP contribution in [0.15, 0.2) is 30.3 Å². The lowest BCUT2D eigenvalue weighted by atomic mass is 9.53. The maximum absolute atomic E-state index is 12.9. The molecule has 1 aromatic carbocycles. The normalized spacial score (nSPS) is 34.3. The minimum atomic E-state index is -0.0395. The van der Waals surface area contributed by atoms with Crippen molar-refractivity contribution in [3.05, 3.63) is 30.3 Å². The Morgan fingerprint density at radius 1 is 1.15 bits per heavy atom. The number of benzene rings is 1. The number of hydrogen-bond acceptors (Lipinski definition) is 2. The first-order valence-corrected chi connectivity index (χ1v) is 10.4. The second-order valence-corrected chi connectivity index (χ2v) is 9.17. The van der Waals surface area contributed by atoms with Gasteiger partial charge in [-0.15, -0.1) is 0 Å². The van der Waals surface area contributed by atoms with Crippen LogP contribution in [-0.4, -0.2) is 37.7 Å². The average molecular weight is 358 g/mol. The fraction of sp³-hybridized carbons (Fsp3) is 0.682. The number of quaternary nitrogens is 1. The molecule has 1 amide bonds. The fourth-order valence-electron chi connectivity index (χ4n) is 5.92. The van der Waals surface area contributed by atoms with Crippen molar-refractivity contribution in [1.82, 2.24) is 5.32 Å². The molecule has 1 unspecified atom stereocenters. The zero-order chi connectivity index (χ0) is 18.1. The lowest BCUT2D eigenvalue weighted by Crippen LogP contribution is -3.14. The molecule has 5 rings (SSSR count). The number of carbonyl (C=O) groups is 1. The third kappa shape index (κ3) is 3.75. The smallest absolute Gasteiger partial charge is 0.278 e. The van der Waals surface area contributed by atoms with Gasteiger partial charge >= 0.3 is 0 Å². The number of carbonyl (C=O) groups excluding carboxylic acids is 1. The van der Waals surface area contributed by atoms with Gasteiger partial charge in [0.25, 0.3) is 5.91 Å². The predicted octanol–water partition coefficient (Wildman–Crippen LogP) is 2.05. The van der Waals surface area contributed by atoms with Crippen LogP contribution in [0.5, 0.6) is 5.75 Å². The summed E-state index contributed by atoms with van der Waals surface area (Å²) in [6.07, 6.45) is 7.88. The molecule has 2 N–H and O–H groups in total. The highest BCUT2D eigenvalue weighted by Crippen LogP contribution is 2.55. The Labute approximate surface area is 157 Å². The quantitative estimate of drug-likeness (QED) is 0.784. The van der Waals surface area contributed by atoms with Crippen molar-refractivity contribution in [3.63, 3.8) is 0 Å². The second kappa shape index (κ2) is 7.22. The van der Waals surface area contributed by atoms with Crippen molar-refractivity contribution in [2.45, 2.75) is 57.0 Å². The van der Waals surface area contributed by atoms with Crippen LogP contribution in [0, 0.1) is 17.8 Å². The monoisotopic (exact) mass is 357 g/mol. The maximum Gasteiger partial charge on any atom is 0.278 e. The van der Waals surface area contributed by atoms with E-state index in [0.29, 0.717) is 6.61 Å². The maximum atomic E-state index is 12.9. The summed E-state index contributed by atoms with van der Waals surface area (Å²) < 4.78 is 5.79. The van der Waals surface area contributed by atoms with E-state index >= 15 is 0 Å². The zero-order valence-corrected chi connectivity index (χ0v) is 16.2. The predicted molar refractivity (Wildman–Crippen MR) is 102 cm³/mol. The molecule has 0 saturated heterocycles. The first kappa shape index (κ1) is 17.8.